The van der Waals surface area contributed by atoms with Crippen molar-refractivity contribution in [2.24, 2.45) is 0 Å². The molecule has 1 heterocycles. The van der Waals surface area contributed by atoms with Crippen molar-refractivity contribution in [3.63, 3.8) is 0 Å². The number of rotatable bonds is 5. The van der Waals surface area contributed by atoms with Gasteiger partial charge in [0.2, 0.25) is 0 Å². The zero-order valence-corrected chi connectivity index (χ0v) is 19.6. The van der Waals surface area contributed by atoms with Crippen LogP contribution < -0.4 is 10.4 Å². The van der Waals surface area contributed by atoms with Crippen molar-refractivity contribution in [2.75, 3.05) is 13.2 Å². The minimum absolute atomic E-state index is 0.0690. The summed E-state index contributed by atoms with van der Waals surface area (Å²) in [5.41, 5.74) is 1.10. The van der Waals surface area contributed by atoms with Gasteiger partial charge in [0.05, 0.1) is 19.3 Å². The van der Waals surface area contributed by atoms with E-state index in [4.69, 9.17) is 9.16 Å². The second kappa shape index (κ2) is 8.64. The molecule has 1 aliphatic heterocycles. The van der Waals surface area contributed by atoms with Gasteiger partial charge < -0.3 is 14.3 Å². The number of aliphatic hydroxyl groups excluding tert-OH is 1. The van der Waals surface area contributed by atoms with Crippen molar-refractivity contribution >= 4 is 34.6 Å². The van der Waals surface area contributed by atoms with Gasteiger partial charge in [-0.15, -0.1) is 0 Å². The summed E-state index contributed by atoms with van der Waals surface area (Å²) >= 11 is 3.63. The Balaban J connectivity index is 2.23. The Morgan fingerprint density at radius 2 is 1.54 bits per heavy atom. The molecular formula is C23H29BrO3Si. The van der Waals surface area contributed by atoms with E-state index < -0.39 is 8.32 Å². The fourth-order valence-corrected chi connectivity index (χ4v) is 9.09. The zero-order valence-electron chi connectivity index (χ0n) is 17.0. The van der Waals surface area contributed by atoms with Crippen LogP contribution in [0.1, 0.15) is 27.7 Å². The van der Waals surface area contributed by atoms with Crippen LogP contribution in [-0.4, -0.2) is 38.8 Å². The van der Waals surface area contributed by atoms with Crippen molar-refractivity contribution in [1.82, 2.24) is 0 Å². The number of benzene rings is 2. The van der Waals surface area contributed by atoms with Crippen molar-refractivity contribution in [3.05, 3.63) is 70.7 Å². The van der Waals surface area contributed by atoms with Crippen molar-refractivity contribution in [2.45, 2.75) is 44.9 Å². The summed E-state index contributed by atoms with van der Waals surface area (Å²) < 4.78 is 14.1. The lowest BCUT2D eigenvalue weighted by atomic mass is 10.0. The molecule has 3 rings (SSSR count). The predicted octanol–water partition coefficient (Wildman–Crippen LogP) is 3.99. The number of hydrogen-bond acceptors (Lipinski definition) is 3. The van der Waals surface area contributed by atoms with Gasteiger partial charge in [0.15, 0.2) is 0 Å². The predicted molar refractivity (Wildman–Crippen MR) is 121 cm³/mol. The third-order valence-corrected chi connectivity index (χ3v) is 11.4. The van der Waals surface area contributed by atoms with E-state index in [0.717, 1.165) is 10.1 Å². The molecular weight excluding hydrogens is 432 g/mol. The Kier molecular flexibility index (Phi) is 6.62. The maximum atomic E-state index is 9.98. The first-order chi connectivity index (χ1) is 13.3. The average Bonchev–Trinajstić information content (AvgIpc) is 2.69. The van der Waals surface area contributed by atoms with Crippen molar-refractivity contribution in [1.29, 1.82) is 0 Å². The summed E-state index contributed by atoms with van der Waals surface area (Å²) in [6.45, 7) is 9.23. The van der Waals surface area contributed by atoms with E-state index in [2.05, 4.69) is 92.2 Å². The molecule has 28 heavy (non-hydrogen) atoms. The lowest BCUT2D eigenvalue weighted by Crippen LogP contribution is -2.69. The molecule has 0 aromatic heterocycles. The summed E-state index contributed by atoms with van der Waals surface area (Å²) in [6, 6.07) is 21.1. The maximum absolute atomic E-state index is 9.98. The van der Waals surface area contributed by atoms with Gasteiger partial charge in [0.1, 0.15) is 6.10 Å². The molecule has 2 atom stereocenters. The fraction of sp³-hybridized carbons (Fsp3) is 0.391. The largest absolute Gasteiger partial charge is 0.398 e. The SMILES string of the molecule is CC1=C(Br)CO[C@H](CO)[C@H]1O[Si](c1ccccc1)(c1ccccc1)C(C)(C)C. The topological polar surface area (TPSA) is 38.7 Å². The van der Waals surface area contributed by atoms with Crippen LogP contribution in [0.4, 0.5) is 0 Å². The Hall–Kier alpha value is -1.24. The second-order valence-electron chi connectivity index (χ2n) is 8.32. The first kappa shape index (κ1) is 21.5. The van der Waals surface area contributed by atoms with E-state index in [1.165, 1.54) is 10.4 Å². The van der Waals surface area contributed by atoms with Crippen molar-refractivity contribution < 1.29 is 14.3 Å². The van der Waals surface area contributed by atoms with Crippen LogP contribution in [0, 0.1) is 0 Å². The van der Waals surface area contributed by atoms with Gasteiger partial charge in [-0.25, -0.2) is 0 Å². The third kappa shape index (κ3) is 3.91. The smallest absolute Gasteiger partial charge is 0.262 e. The fourth-order valence-electron chi connectivity index (χ4n) is 4.01. The van der Waals surface area contributed by atoms with Crippen LogP contribution in [-0.2, 0) is 9.16 Å². The highest BCUT2D eigenvalue weighted by Crippen LogP contribution is 2.40. The first-order valence-electron chi connectivity index (χ1n) is 9.67. The molecule has 150 valence electrons. The van der Waals surface area contributed by atoms with E-state index in [-0.39, 0.29) is 23.9 Å². The highest BCUT2D eigenvalue weighted by atomic mass is 79.9. The van der Waals surface area contributed by atoms with Gasteiger partial charge in [-0.05, 0) is 27.9 Å². The highest BCUT2D eigenvalue weighted by molar-refractivity contribution is 9.11. The van der Waals surface area contributed by atoms with Crippen LogP contribution in [0.15, 0.2) is 70.7 Å². The Bertz CT molecular complexity index is 775. The van der Waals surface area contributed by atoms with Gasteiger partial charge >= 0.3 is 0 Å². The molecule has 0 bridgehead atoms. The number of halogens is 1. The minimum Gasteiger partial charge on any atom is -0.398 e. The molecule has 2 aromatic rings. The Morgan fingerprint density at radius 1 is 1.04 bits per heavy atom. The van der Waals surface area contributed by atoms with Gasteiger partial charge in [-0.1, -0.05) is 97.4 Å². The molecule has 1 aliphatic rings. The maximum Gasteiger partial charge on any atom is 0.262 e. The zero-order chi connectivity index (χ0) is 20.4. The average molecular weight is 461 g/mol. The van der Waals surface area contributed by atoms with Crippen molar-refractivity contribution in [3.8, 4) is 0 Å². The van der Waals surface area contributed by atoms with Gasteiger partial charge in [-0.2, -0.15) is 0 Å². The lowest BCUT2D eigenvalue weighted by Gasteiger charge is -2.47. The molecule has 0 saturated heterocycles. The molecule has 5 heteroatoms. The summed E-state index contributed by atoms with van der Waals surface area (Å²) in [5, 5.41) is 12.3. The summed E-state index contributed by atoms with van der Waals surface area (Å²) in [7, 11) is -2.71. The highest BCUT2D eigenvalue weighted by Gasteiger charge is 2.53. The van der Waals surface area contributed by atoms with Crippen LogP contribution >= 0.6 is 15.9 Å². The molecule has 0 fully saturated rings. The third-order valence-electron chi connectivity index (χ3n) is 5.52. The van der Waals surface area contributed by atoms with E-state index in [1.54, 1.807) is 0 Å². The second-order valence-corrected chi connectivity index (χ2v) is 13.5. The summed E-state index contributed by atoms with van der Waals surface area (Å²) in [6.07, 6.45) is -0.678. The van der Waals surface area contributed by atoms with Gasteiger partial charge in [0.25, 0.3) is 8.32 Å². The summed E-state index contributed by atoms with van der Waals surface area (Å²) in [4.78, 5) is 0. The molecule has 3 nitrogen and oxygen atoms in total. The van der Waals surface area contributed by atoms with E-state index in [0.29, 0.717) is 6.61 Å². The first-order valence-corrected chi connectivity index (χ1v) is 12.4. The summed E-state index contributed by atoms with van der Waals surface area (Å²) in [5.74, 6) is 0. The van der Waals surface area contributed by atoms with Crippen LogP contribution in [0.5, 0.6) is 0 Å². The van der Waals surface area contributed by atoms with Crippen LogP contribution in [0.25, 0.3) is 0 Å². The van der Waals surface area contributed by atoms with Gasteiger partial charge in [-0.3, -0.25) is 0 Å². The van der Waals surface area contributed by atoms with E-state index in [9.17, 15) is 5.11 Å². The Labute approximate surface area is 177 Å². The number of ether oxygens (including phenoxy) is 1. The molecule has 0 saturated carbocycles. The van der Waals surface area contributed by atoms with Crippen LogP contribution in [0.3, 0.4) is 0 Å². The standard InChI is InChI=1S/C23H29BrO3Si/c1-17-20(24)16-26-21(15-25)22(17)27-28(23(2,3)4,18-11-7-5-8-12-18)19-13-9-6-10-14-19/h5-14,21-22,25H,15-16H2,1-4H3/t21-,22+/m1/s1. The molecule has 0 amide bonds. The lowest BCUT2D eigenvalue weighted by molar-refractivity contribution is -0.0444. The molecule has 0 aliphatic carbocycles. The molecule has 1 N–H and O–H groups in total. The van der Waals surface area contributed by atoms with Gasteiger partial charge in [0, 0.05) is 4.48 Å². The van der Waals surface area contributed by atoms with Crippen LogP contribution in [0.2, 0.25) is 5.04 Å². The number of hydrogen-bond donors (Lipinski definition) is 1. The Morgan fingerprint density at radius 3 is 1.96 bits per heavy atom. The molecule has 0 radical (unpaired) electrons. The van der Waals surface area contributed by atoms with E-state index in [1.807, 2.05) is 12.1 Å². The monoisotopic (exact) mass is 460 g/mol. The van der Waals surface area contributed by atoms with E-state index >= 15 is 0 Å². The number of aliphatic hydroxyl groups is 1. The normalized spacial score (nSPS) is 21.1. The minimum atomic E-state index is -2.71. The molecule has 2 aromatic carbocycles. The quantitative estimate of drug-likeness (QED) is 0.685. The molecule has 0 spiro atoms. The molecule has 0 unspecified atom stereocenters.